The van der Waals surface area contributed by atoms with Crippen LogP contribution in [0, 0.1) is 6.92 Å². The Morgan fingerprint density at radius 2 is 2.14 bits per heavy atom. The van der Waals surface area contributed by atoms with Crippen molar-refractivity contribution >= 4 is 57.2 Å². The molecule has 8 nitrogen and oxygen atoms in total. The number of nitrogens with zero attached hydrogens (tertiary/aromatic N) is 5. The lowest BCUT2D eigenvalue weighted by molar-refractivity contribution is 0.0526. The number of thiazole rings is 1. The van der Waals surface area contributed by atoms with Crippen molar-refractivity contribution in [1.29, 1.82) is 0 Å². The first-order valence-corrected chi connectivity index (χ1v) is 10.2. The zero-order valence-electron chi connectivity index (χ0n) is 15.3. The average Bonchev–Trinajstić information content (AvgIpc) is 3.24. The highest BCUT2D eigenvalue weighted by Crippen LogP contribution is 2.33. The quantitative estimate of drug-likeness (QED) is 0.438. The largest absolute Gasteiger partial charge is 0.462 e. The van der Waals surface area contributed by atoms with E-state index in [1.54, 1.807) is 36.6 Å². The molecule has 0 radical (unpaired) electrons. The van der Waals surface area contributed by atoms with Crippen LogP contribution in [0.3, 0.4) is 0 Å². The number of nitrogens with one attached hydrogen (secondary N) is 1. The lowest BCUT2D eigenvalue weighted by atomic mass is 10.2. The number of fused-ring (bicyclic) bond motifs is 1. The van der Waals surface area contributed by atoms with E-state index >= 15 is 0 Å². The number of hydrogen-bond donors (Lipinski definition) is 1. The Bertz CT molecular complexity index is 1220. The number of aryl methyl sites for hydroxylation is 1. The summed E-state index contributed by atoms with van der Waals surface area (Å²) in [6.45, 7) is 3.69. The van der Waals surface area contributed by atoms with Gasteiger partial charge in [0.05, 0.1) is 17.3 Å². The normalized spacial score (nSPS) is 11.0. The summed E-state index contributed by atoms with van der Waals surface area (Å²) in [7, 11) is 0. The van der Waals surface area contributed by atoms with Gasteiger partial charge in [-0.25, -0.2) is 19.3 Å². The lowest BCUT2D eigenvalue weighted by Crippen LogP contribution is -2.11. The van der Waals surface area contributed by atoms with Gasteiger partial charge in [0, 0.05) is 22.2 Å². The Kier molecular flexibility index (Phi) is 5.35. The third kappa shape index (κ3) is 3.89. The number of aromatic nitrogens is 5. The number of benzene rings is 1. The van der Waals surface area contributed by atoms with Crippen molar-refractivity contribution < 1.29 is 9.53 Å². The van der Waals surface area contributed by atoms with Crippen LogP contribution in [0.25, 0.3) is 16.2 Å². The summed E-state index contributed by atoms with van der Waals surface area (Å²) in [5.41, 5.74) is 1.70. The SMILES string of the molecule is CCOC(=O)c1cnc(C)nc1Nc1nc2scc(-c3cc(Cl)ccc3Cl)n2n1. The number of esters is 1. The molecule has 3 heterocycles. The molecule has 4 rings (SSSR count). The zero-order chi connectivity index (χ0) is 20.5. The molecule has 0 amide bonds. The summed E-state index contributed by atoms with van der Waals surface area (Å²) in [6.07, 6.45) is 1.41. The van der Waals surface area contributed by atoms with Crippen molar-refractivity contribution in [3.05, 3.63) is 51.2 Å². The fourth-order valence-electron chi connectivity index (χ4n) is 2.64. The van der Waals surface area contributed by atoms with E-state index in [-0.39, 0.29) is 23.9 Å². The van der Waals surface area contributed by atoms with E-state index in [1.165, 1.54) is 17.5 Å². The number of anilines is 2. The number of ether oxygens (including phenoxy) is 1. The monoisotopic (exact) mass is 448 g/mol. The van der Waals surface area contributed by atoms with Crippen LogP contribution in [0.5, 0.6) is 0 Å². The summed E-state index contributed by atoms with van der Waals surface area (Å²) >= 11 is 13.8. The summed E-state index contributed by atoms with van der Waals surface area (Å²) in [5.74, 6) is 0.520. The van der Waals surface area contributed by atoms with Crippen LogP contribution >= 0.6 is 34.5 Å². The molecule has 0 aliphatic carbocycles. The maximum atomic E-state index is 12.2. The molecular formula is C18H14Cl2N6O2S. The van der Waals surface area contributed by atoms with Crippen LogP contribution in [0.2, 0.25) is 10.0 Å². The number of rotatable bonds is 5. The summed E-state index contributed by atoms with van der Waals surface area (Å²) in [5, 5.41) is 10.5. The van der Waals surface area contributed by atoms with Gasteiger partial charge in [-0.3, -0.25) is 0 Å². The standard InChI is InChI=1S/C18H14Cl2N6O2S/c1-3-28-16(27)12-7-21-9(2)22-15(12)23-17-24-18-26(25-17)14(8-29-18)11-6-10(19)4-5-13(11)20/h4-8H,3H2,1-2H3,(H,21,22,23,25). The highest BCUT2D eigenvalue weighted by Gasteiger charge is 2.19. The van der Waals surface area contributed by atoms with Gasteiger partial charge in [-0.15, -0.1) is 16.4 Å². The van der Waals surface area contributed by atoms with Crippen LogP contribution in [0.4, 0.5) is 11.8 Å². The fourth-order valence-corrected chi connectivity index (χ4v) is 3.85. The molecule has 0 bridgehead atoms. The van der Waals surface area contributed by atoms with E-state index in [9.17, 15) is 4.79 Å². The molecule has 0 aliphatic heterocycles. The summed E-state index contributed by atoms with van der Waals surface area (Å²) < 4.78 is 6.72. The lowest BCUT2D eigenvalue weighted by Gasteiger charge is -2.08. The van der Waals surface area contributed by atoms with E-state index in [0.29, 0.717) is 20.8 Å². The minimum Gasteiger partial charge on any atom is -0.462 e. The van der Waals surface area contributed by atoms with Crippen LogP contribution in [0.15, 0.2) is 29.8 Å². The van der Waals surface area contributed by atoms with E-state index in [2.05, 4.69) is 25.4 Å². The van der Waals surface area contributed by atoms with Crippen molar-refractivity contribution in [1.82, 2.24) is 24.6 Å². The molecule has 4 aromatic rings. The van der Waals surface area contributed by atoms with Crippen molar-refractivity contribution in [2.75, 3.05) is 11.9 Å². The maximum Gasteiger partial charge on any atom is 0.343 e. The van der Waals surface area contributed by atoms with Crippen molar-refractivity contribution in [3.8, 4) is 11.3 Å². The molecular weight excluding hydrogens is 435 g/mol. The van der Waals surface area contributed by atoms with Gasteiger partial charge in [0.2, 0.25) is 10.9 Å². The molecule has 29 heavy (non-hydrogen) atoms. The van der Waals surface area contributed by atoms with Crippen LogP contribution in [-0.2, 0) is 4.74 Å². The van der Waals surface area contributed by atoms with E-state index in [0.717, 1.165) is 11.3 Å². The highest BCUT2D eigenvalue weighted by molar-refractivity contribution is 7.15. The van der Waals surface area contributed by atoms with Crippen molar-refractivity contribution in [2.24, 2.45) is 0 Å². The predicted molar refractivity (Wildman–Crippen MR) is 112 cm³/mol. The molecule has 1 aromatic carbocycles. The molecule has 3 aromatic heterocycles. The van der Waals surface area contributed by atoms with E-state index in [1.807, 2.05) is 5.38 Å². The molecule has 148 valence electrons. The van der Waals surface area contributed by atoms with Crippen LogP contribution in [0.1, 0.15) is 23.1 Å². The second-order valence-electron chi connectivity index (χ2n) is 5.90. The molecule has 0 unspecified atom stereocenters. The van der Waals surface area contributed by atoms with E-state index < -0.39 is 5.97 Å². The zero-order valence-corrected chi connectivity index (χ0v) is 17.6. The van der Waals surface area contributed by atoms with Gasteiger partial charge in [-0.2, -0.15) is 4.98 Å². The fraction of sp³-hybridized carbons (Fsp3) is 0.167. The molecule has 0 saturated carbocycles. The number of halogens is 2. The Hall–Kier alpha value is -2.75. The van der Waals surface area contributed by atoms with Gasteiger partial charge < -0.3 is 10.1 Å². The van der Waals surface area contributed by atoms with Crippen molar-refractivity contribution in [3.63, 3.8) is 0 Å². The first-order valence-electron chi connectivity index (χ1n) is 8.53. The Labute approximate surface area is 179 Å². The molecule has 0 spiro atoms. The molecule has 0 aliphatic rings. The van der Waals surface area contributed by atoms with Crippen LogP contribution in [-0.4, -0.2) is 37.1 Å². The summed E-state index contributed by atoms with van der Waals surface area (Å²) in [4.78, 5) is 25.6. The van der Waals surface area contributed by atoms with Crippen molar-refractivity contribution in [2.45, 2.75) is 13.8 Å². The second kappa shape index (κ2) is 7.94. The smallest absolute Gasteiger partial charge is 0.343 e. The minimum absolute atomic E-state index is 0.203. The predicted octanol–water partition coefficient (Wildman–Crippen LogP) is 4.78. The average molecular weight is 449 g/mol. The molecule has 0 atom stereocenters. The minimum atomic E-state index is -0.526. The second-order valence-corrected chi connectivity index (χ2v) is 7.58. The first-order chi connectivity index (χ1) is 14.0. The summed E-state index contributed by atoms with van der Waals surface area (Å²) in [6, 6.07) is 5.22. The van der Waals surface area contributed by atoms with Gasteiger partial charge in [-0.05, 0) is 32.0 Å². The van der Waals surface area contributed by atoms with Gasteiger partial charge >= 0.3 is 5.97 Å². The van der Waals surface area contributed by atoms with Gasteiger partial charge in [0.1, 0.15) is 11.4 Å². The topological polar surface area (TPSA) is 94.3 Å². The highest BCUT2D eigenvalue weighted by atomic mass is 35.5. The molecule has 11 heteroatoms. The van der Waals surface area contributed by atoms with Crippen LogP contribution < -0.4 is 5.32 Å². The van der Waals surface area contributed by atoms with Gasteiger partial charge in [0.25, 0.3) is 0 Å². The number of hydrogen-bond acceptors (Lipinski definition) is 8. The van der Waals surface area contributed by atoms with E-state index in [4.69, 9.17) is 27.9 Å². The third-order valence-corrected chi connectivity index (χ3v) is 5.30. The Morgan fingerprint density at radius 3 is 2.93 bits per heavy atom. The molecule has 0 saturated heterocycles. The first kappa shape index (κ1) is 19.6. The number of carbonyl (C=O) groups excluding carboxylic acids is 1. The molecule has 0 fully saturated rings. The Balaban J connectivity index is 1.72. The Morgan fingerprint density at radius 1 is 1.31 bits per heavy atom. The van der Waals surface area contributed by atoms with Gasteiger partial charge in [-0.1, -0.05) is 23.2 Å². The molecule has 1 N–H and O–H groups in total. The van der Waals surface area contributed by atoms with Gasteiger partial charge in [0.15, 0.2) is 5.82 Å². The number of carbonyl (C=O) groups is 1. The maximum absolute atomic E-state index is 12.2. The third-order valence-electron chi connectivity index (χ3n) is 3.92.